The maximum atomic E-state index is 13.8. The summed E-state index contributed by atoms with van der Waals surface area (Å²) in [5.41, 5.74) is 2.70. The number of aromatic nitrogens is 2. The van der Waals surface area contributed by atoms with Gasteiger partial charge in [0, 0.05) is 11.9 Å². The van der Waals surface area contributed by atoms with Crippen LogP contribution in [-0.2, 0) is 0 Å². The number of rotatable bonds is 4. The Morgan fingerprint density at radius 1 is 1.08 bits per heavy atom. The van der Waals surface area contributed by atoms with Gasteiger partial charge in [0.1, 0.15) is 11.9 Å². The highest BCUT2D eigenvalue weighted by Gasteiger charge is 2.17. The number of hydrogen-bond donors (Lipinski definition) is 1. The van der Waals surface area contributed by atoms with Crippen molar-refractivity contribution < 1.29 is 13.9 Å². The van der Waals surface area contributed by atoms with Crippen molar-refractivity contribution >= 4 is 11.6 Å². The Kier molecular flexibility index (Phi) is 4.70. The van der Waals surface area contributed by atoms with Gasteiger partial charge in [-0.15, -0.1) is 0 Å². The number of nitrogens with one attached hydrogen (secondary N) is 1. The smallest absolute Gasteiger partial charge is 0.262 e. The van der Waals surface area contributed by atoms with Crippen molar-refractivity contribution in [2.45, 2.75) is 13.8 Å². The van der Waals surface area contributed by atoms with Crippen LogP contribution in [0.15, 0.2) is 55.0 Å². The molecule has 126 valence electrons. The number of hydrogen-bond acceptors (Lipinski definition) is 4. The predicted octanol–water partition coefficient (Wildman–Crippen LogP) is 4.28. The number of carbonyl (C=O) groups is 1. The summed E-state index contributed by atoms with van der Waals surface area (Å²) in [5, 5.41) is 2.84. The van der Waals surface area contributed by atoms with Crippen LogP contribution >= 0.6 is 0 Å². The van der Waals surface area contributed by atoms with Crippen LogP contribution in [0.5, 0.6) is 11.6 Å². The van der Waals surface area contributed by atoms with Gasteiger partial charge in [-0.1, -0.05) is 30.3 Å². The monoisotopic (exact) mass is 337 g/mol. The summed E-state index contributed by atoms with van der Waals surface area (Å²) in [6.07, 6.45) is 2.58. The first-order valence-electron chi connectivity index (χ1n) is 7.66. The Hall–Kier alpha value is -3.28. The minimum absolute atomic E-state index is 0.0103. The van der Waals surface area contributed by atoms with E-state index in [1.807, 2.05) is 32.0 Å². The van der Waals surface area contributed by atoms with Gasteiger partial charge in [0.15, 0.2) is 11.6 Å². The van der Waals surface area contributed by atoms with Crippen LogP contribution in [0, 0.1) is 19.7 Å². The molecule has 0 saturated carbocycles. The number of benzene rings is 2. The maximum absolute atomic E-state index is 13.8. The van der Waals surface area contributed by atoms with E-state index < -0.39 is 11.7 Å². The molecule has 0 bridgehead atoms. The second kappa shape index (κ2) is 7.09. The van der Waals surface area contributed by atoms with Gasteiger partial charge in [-0.05, 0) is 37.1 Å². The van der Waals surface area contributed by atoms with E-state index in [9.17, 15) is 9.18 Å². The van der Waals surface area contributed by atoms with Crippen LogP contribution in [-0.4, -0.2) is 15.9 Å². The van der Waals surface area contributed by atoms with Gasteiger partial charge in [-0.3, -0.25) is 4.79 Å². The summed E-state index contributed by atoms with van der Waals surface area (Å²) < 4.78 is 19.3. The lowest BCUT2D eigenvalue weighted by atomic mass is 10.1. The number of para-hydroxylation sites is 2. The Labute approximate surface area is 144 Å². The first-order valence-corrected chi connectivity index (χ1v) is 7.66. The van der Waals surface area contributed by atoms with Crippen molar-refractivity contribution in [3.8, 4) is 11.6 Å². The largest absolute Gasteiger partial charge is 0.435 e. The maximum Gasteiger partial charge on any atom is 0.262 e. The second-order valence-electron chi connectivity index (χ2n) is 5.49. The van der Waals surface area contributed by atoms with Crippen LogP contribution in [0.2, 0.25) is 0 Å². The summed E-state index contributed by atoms with van der Waals surface area (Å²) >= 11 is 0. The normalized spacial score (nSPS) is 10.4. The molecule has 1 N–H and O–H groups in total. The zero-order valence-corrected chi connectivity index (χ0v) is 13.8. The third-order valence-corrected chi connectivity index (χ3v) is 3.68. The zero-order chi connectivity index (χ0) is 17.8. The van der Waals surface area contributed by atoms with E-state index in [0.717, 1.165) is 11.1 Å². The Morgan fingerprint density at radius 2 is 1.80 bits per heavy atom. The van der Waals surface area contributed by atoms with E-state index in [-0.39, 0.29) is 17.2 Å². The molecule has 0 atom stereocenters. The minimum Gasteiger partial charge on any atom is -0.435 e. The molecule has 0 fully saturated rings. The molecule has 0 aliphatic heterocycles. The number of ether oxygens (including phenoxy) is 1. The van der Waals surface area contributed by atoms with E-state index in [0.29, 0.717) is 5.69 Å². The van der Waals surface area contributed by atoms with Crippen molar-refractivity contribution in [2.75, 3.05) is 5.32 Å². The SMILES string of the molecule is Cc1cccc(C)c1NC(=O)c1cncnc1Oc1ccccc1F. The molecule has 5 nitrogen and oxygen atoms in total. The Bertz CT molecular complexity index is 908. The lowest BCUT2D eigenvalue weighted by Gasteiger charge is -2.13. The topological polar surface area (TPSA) is 64.1 Å². The highest BCUT2D eigenvalue weighted by atomic mass is 19.1. The molecule has 1 aromatic heterocycles. The Balaban J connectivity index is 1.90. The molecular formula is C19H16FN3O2. The molecule has 0 aliphatic rings. The van der Waals surface area contributed by atoms with E-state index >= 15 is 0 Å². The third kappa shape index (κ3) is 3.63. The molecule has 25 heavy (non-hydrogen) atoms. The molecule has 1 heterocycles. The number of anilines is 1. The summed E-state index contributed by atoms with van der Waals surface area (Å²) in [6.45, 7) is 3.81. The fraction of sp³-hybridized carbons (Fsp3) is 0.105. The molecule has 1 amide bonds. The van der Waals surface area contributed by atoms with Gasteiger partial charge in [-0.25, -0.2) is 14.4 Å². The van der Waals surface area contributed by atoms with E-state index in [4.69, 9.17) is 4.74 Å². The van der Waals surface area contributed by atoms with Crippen LogP contribution in [0.1, 0.15) is 21.5 Å². The van der Waals surface area contributed by atoms with Crippen LogP contribution < -0.4 is 10.1 Å². The van der Waals surface area contributed by atoms with Crippen molar-refractivity contribution in [3.63, 3.8) is 0 Å². The zero-order valence-electron chi connectivity index (χ0n) is 13.8. The highest BCUT2D eigenvalue weighted by Crippen LogP contribution is 2.26. The van der Waals surface area contributed by atoms with E-state index in [1.54, 1.807) is 12.1 Å². The predicted molar refractivity (Wildman–Crippen MR) is 92.4 cm³/mol. The number of halogens is 1. The Morgan fingerprint density at radius 3 is 2.52 bits per heavy atom. The first kappa shape index (κ1) is 16.6. The second-order valence-corrected chi connectivity index (χ2v) is 5.49. The van der Waals surface area contributed by atoms with Crippen LogP contribution in [0.3, 0.4) is 0 Å². The number of carbonyl (C=O) groups excluding carboxylic acids is 1. The van der Waals surface area contributed by atoms with Gasteiger partial charge in [0.25, 0.3) is 5.91 Å². The molecule has 2 aromatic carbocycles. The van der Waals surface area contributed by atoms with E-state index in [2.05, 4.69) is 15.3 Å². The van der Waals surface area contributed by atoms with Crippen molar-refractivity contribution in [1.29, 1.82) is 0 Å². The lowest BCUT2D eigenvalue weighted by Crippen LogP contribution is -2.15. The molecule has 0 saturated heterocycles. The van der Waals surface area contributed by atoms with Crippen molar-refractivity contribution in [1.82, 2.24) is 9.97 Å². The molecule has 0 spiro atoms. The molecule has 0 aliphatic carbocycles. The molecule has 6 heteroatoms. The number of aryl methyl sites for hydroxylation is 2. The van der Waals surface area contributed by atoms with E-state index in [1.165, 1.54) is 24.7 Å². The highest BCUT2D eigenvalue weighted by molar-refractivity contribution is 6.06. The van der Waals surface area contributed by atoms with Crippen LogP contribution in [0.4, 0.5) is 10.1 Å². The quantitative estimate of drug-likeness (QED) is 0.772. The van der Waals surface area contributed by atoms with Crippen LogP contribution in [0.25, 0.3) is 0 Å². The summed E-state index contributed by atoms with van der Waals surface area (Å²) in [5.74, 6) is -0.988. The van der Waals surface area contributed by atoms with Gasteiger partial charge in [0.05, 0.1) is 0 Å². The molecule has 0 radical (unpaired) electrons. The molecule has 3 rings (SSSR count). The average molecular weight is 337 g/mol. The fourth-order valence-electron chi connectivity index (χ4n) is 2.38. The number of nitrogens with zero attached hydrogens (tertiary/aromatic N) is 2. The molecule has 0 unspecified atom stereocenters. The fourth-order valence-corrected chi connectivity index (χ4v) is 2.38. The summed E-state index contributed by atoms with van der Waals surface area (Å²) in [4.78, 5) is 20.5. The minimum atomic E-state index is -0.540. The van der Waals surface area contributed by atoms with Gasteiger partial charge >= 0.3 is 0 Å². The molecular weight excluding hydrogens is 321 g/mol. The van der Waals surface area contributed by atoms with Gasteiger partial charge < -0.3 is 10.1 Å². The number of amides is 1. The first-order chi connectivity index (χ1) is 12.1. The van der Waals surface area contributed by atoms with Crippen molar-refractivity contribution in [2.24, 2.45) is 0 Å². The average Bonchev–Trinajstić information content (AvgIpc) is 2.60. The summed E-state index contributed by atoms with van der Waals surface area (Å²) in [6, 6.07) is 11.6. The van der Waals surface area contributed by atoms with Gasteiger partial charge in [-0.2, -0.15) is 0 Å². The molecule has 3 aromatic rings. The third-order valence-electron chi connectivity index (χ3n) is 3.68. The van der Waals surface area contributed by atoms with Crippen molar-refractivity contribution in [3.05, 3.63) is 77.5 Å². The summed E-state index contributed by atoms with van der Waals surface area (Å²) in [7, 11) is 0. The van der Waals surface area contributed by atoms with Gasteiger partial charge in [0.2, 0.25) is 5.88 Å². The lowest BCUT2D eigenvalue weighted by molar-refractivity contribution is 0.102. The standard InChI is InChI=1S/C19H16FN3O2/c1-12-6-5-7-13(2)17(12)23-18(24)14-10-21-11-22-19(14)25-16-9-4-3-8-15(16)20/h3-11H,1-2H3,(H,23,24).